The van der Waals surface area contributed by atoms with Crippen molar-refractivity contribution in [3.05, 3.63) is 24.3 Å². The third kappa shape index (κ3) is 6.45. The van der Waals surface area contributed by atoms with Gasteiger partial charge in [0, 0.05) is 18.8 Å². The van der Waals surface area contributed by atoms with E-state index in [2.05, 4.69) is 24.1 Å². The van der Waals surface area contributed by atoms with Crippen LogP contribution in [0.3, 0.4) is 0 Å². The number of rotatable bonds is 10. The Morgan fingerprint density at radius 1 is 1.17 bits per heavy atom. The molecule has 0 unspecified atom stereocenters. The second-order valence-corrected chi connectivity index (χ2v) is 8.77. The molecule has 0 radical (unpaired) electrons. The zero-order valence-corrected chi connectivity index (χ0v) is 18.3. The summed E-state index contributed by atoms with van der Waals surface area (Å²) < 4.78 is 12.0. The van der Waals surface area contributed by atoms with Crippen LogP contribution >= 0.6 is 0 Å². The fourth-order valence-corrected chi connectivity index (χ4v) is 4.57. The van der Waals surface area contributed by atoms with Crippen LogP contribution in [0, 0.1) is 5.92 Å². The predicted molar refractivity (Wildman–Crippen MR) is 117 cm³/mol. The second kappa shape index (κ2) is 11.0. The third-order valence-electron chi connectivity index (χ3n) is 6.15. The van der Waals surface area contributed by atoms with Crippen molar-refractivity contribution in [1.82, 2.24) is 4.90 Å². The molecule has 1 aromatic carbocycles. The van der Waals surface area contributed by atoms with Crippen molar-refractivity contribution in [3.8, 4) is 5.75 Å². The fraction of sp³-hybridized carbons (Fsp3) is 0.708. The maximum atomic E-state index is 13.1. The standard InChI is InChI=1S/C24H38N2O3/c1-3-17-29-24(13-6-8-20(2)19-24)23(27)25-21-9-11-22(12-10-21)28-18-7-16-26-14-4-5-15-26/h9-12,20H,3-8,13-19H2,1-2H3,(H,25,27)/t20-,24-/m1/s1. The zero-order chi connectivity index (χ0) is 20.5. The van der Waals surface area contributed by atoms with Crippen molar-refractivity contribution >= 4 is 11.6 Å². The highest BCUT2D eigenvalue weighted by molar-refractivity contribution is 5.97. The predicted octanol–water partition coefficient (Wildman–Crippen LogP) is 4.87. The molecule has 1 saturated heterocycles. The number of ether oxygens (including phenoxy) is 2. The zero-order valence-electron chi connectivity index (χ0n) is 18.3. The second-order valence-electron chi connectivity index (χ2n) is 8.77. The normalized spacial score (nSPS) is 25.1. The van der Waals surface area contributed by atoms with Gasteiger partial charge in [0.25, 0.3) is 5.91 Å². The molecule has 0 aromatic heterocycles. The summed E-state index contributed by atoms with van der Waals surface area (Å²) in [6.07, 6.45) is 8.46. The molecule has 1 N–H and O–H groups in total. The van der Waals surface area contributed by atoms with Crippen molar-refractivity contribution < 1.29 is 14.3 Å². The van der Waals surface area contributed by atoms with Crippen LogP contribution in [0.5, 0.6) is 5.75 Å². The molecular weight excluding hydrogens is 364 g/mol. The van der Waals surface area contributed by atoms with E-state index in [4.69, 9.17) is 9.47 Å². The van der Waals surface area contributed by atoms with Gasteiger partial charge in [-0.2, -0.15) is 0 Å². The summed E-state index contributed by atoms with van der Waals surface area (Å²) in [6.45, 7) is 9.24. The van der Waals surface area contributed by atoms with Gasteiger partial charge in [-0.1, -0.05) is 20.3 Å². The number of hydrogen-bond acceptors (Lipinski definition) is 4. The molecule has 2 fully saturated rings. The summed E-state index contributed by atoms with van der Waals surface area (Å²) >= 11 is 0. The number of carbonyl (C=O) groups is 1. The topological polar surface area (TPSA) is 50.8 Å². The van der Waals surface area contributed by atoms with E-state index in [0.29, 0.717) is 12.5 Å². The molecule has 1 aliphatic carbocycles. The van der Waals surface area contributed by atoms with Crippen molar-refractivity contribution in [1.29, 1.82) is 0 Å². The maximum Gasteiger partial charge on any atom is 0.256 e. The summed E-state index contributed by atoms with van der Waals surface area (Å²) in [5.41, 5.74) is 0.121. The lowest BCUT2D eigenvalue weighted by Gasteiger charge is -2.38. The molecule has 2 aliphatic rings. The summed E-state index contributed by atoms with van der Waals surface area (Å²) in [6, 6.07) is 7.73. The van der Waals surface area contributed by atoms with E-state index in [-0.39, 0.29) is 5.91 Å². The molecule has 1 saturated carbocycles. The Balaban J connectivity index is 1.48. The number of nitrogens with zero attached hydrogens (tertiary/aromatic N) is 1. The lowest BCUT2D eigenvalue weighted by atomic mass is 9.78. The largest absolute Gasteiger partial charge is 0.494 e. The summed E-state index contributed by atoms with van der Waals surface area (Å²) in [7, 11) is 0. The average molecular weight is 403 g/mol. The van der Waals surface area contributed by atoms with E-state index >= 15 is 0 Å². The Kier molecular flexibility index (Phi) is 8.37. The van der Waals surface area contributed by atoms with E-state index < -0.39 is 5.60 Å². The Morgan fingerprint density at radius 3 is 2.62 bits per heavy atom. The van der Waals surface area contributed by atoms with Gasteiger partial charge in [-0.3, -0.25) is 4.79 Å². The molecule has 29 heavy (non-hydrogen) atoms. The van der Waals surface area contributed by atoms with E-state index in [9.17, 15) is 4.79 Å². The Labute approximate surface area is 176 Å². The monoisotopic (exact) mass is 402 g/mol. The van der Waals surface area contributed by atoms with Crippen molar-refractivity contribution in [2.45, 2.75) is 70.8 Å². The van der Waals surface area contributed by atoms with Gasteiger partial charge in [0.2, 0.25) is 0 Å². The summed E-state index contributed by atoms with van der Waals surface area (Å²) in [5, 5.41) is 3.09. The number of benzene rings is 1. The van der Waals surface area contributed by atoms with Gasteiger partial charge in [-0.25, -0.2) is 0 Å². The fourth-order valence-electron chi connectivity index (χ4n) is 4.57. The van der Waals surface area contributed by atoms with Gasteiger partial charge in [-0.05, 0) is 88.2 Å². The minimum atomic E-state index is -0.682. The molecule has 1 aromatic rings. The Bertz CT molecular complexity index is 628. The molecule has 3 rings (SSSR count). The van der Waals surface area contributed by atoms with E-state index in [1.165, 1.54) is 32.4 Å². The molecule has 0 bridgehead atoms. The number of amides is 1. The SMILES string of the molecule is CCCO[C@]1(C(=O)Nc2ccc(OCCCN3CCCC3)cc2)CCC[C@@H](C)C1. The molecule has 5 nitrogen and oxygen atoms in total. The molecule has 162 valence electrons. The van der Waals surface area contributed by atoms with Crippen LogP contribution in [0.2, 0.25) is 0 Å². The maximum absolute atomic E-state index is 13.1. The van der Waals surface area contributed by atoms with Gasteiger partial charge in [0.1, 0.15) is 11.4 Å². The van der Waals surface area contributed by atoms with Crippen LogP contribution in [0.25, 0.3) is 0 Å². The molecule has 1 aliphatic heterocycles. The minimum Gasteiger partial charge on any atom is -0.494 e. The first-order chi connectivity index (χ1) is 14.1. The minimum absolute atomic E-state index is 0.00298. The van der Waals surface area contributed by atoms with Crippen LogP contribution in [-0.4, -0.2) is 49.3 Å². The van der Waals surface area contributed by atoms with Crippen LogP contribution in [-0.2, 0) is 9.53 Å². The van der Waals surface area contributed by atoms with Crippen molar-refractivity contribution in [3.63, 3.8) is 0 Å². The highest BCUT2D eigenvalue weighted by Gasteiger charge is 2.42. The van der Waals surface area contributed by atoms with E-state index in [0.717, 1.165) is 56.7 Å². The average Bonchev–Trinajstić information content (AvgIpc) is 3.24. The number of nitrogens with one attached hydrogen (secondary N) is 1. The van der Waals surface area contributed by atoms with Crippen molar-refractivity contribution in [2.75, 3.05) is 38.2 Å². The number of carbonyl (C=O) groups excluding carboxylic acids is 1. The van der Waals surface area contributed by atoms with Crippen molar-refractivity contribution in [2.24, 2.45) is 5.92 Å². The van der Waals surface area contributed by atoms with Crippen LogP contribution in [0.4, 0.5) is 5.69 Å². The van der Waals surface area contributed by atoms with Gasteiger partial charge in [0.05, 0.1) is 6.61 Å². The van der Waals surface area contributed by atoms with Crippen LogP contribution in [0.15, 0.2) is 24.3 Å². The first-order valence-corrected chi connectivity index (χ1v) is 11.5. The highest BCUT2D eigenvalue weighted by atomic mass is 16.5. The molecular formula is C24H38N2O3. The van der Waals surface area contributed by atoms with Crippen LogP contribution in [0.1, 0.15) is 65.2 Å². The smallest absolute Gasteiger partial charge is 0.256 e. The molecule has 1 heterocycles. The Morgan fingerprint density at radius 2 is 1.93 bits per heavy atom. The number of anilines is 1. The summed E-state index contributed by atoms with van der Waals surface area (Å²) in [4.78, 5) is 15.6. The quantitative estimate of drug-likeness (QED) is 0.568. The molecule has 2 atom stereocenters. The van der Waals surface area contributed by atoms with E-state index in [1.54, 1.807) is 0 Å². The number of likely N-dealkylation sites (tertiary alicyclic amines) is 1. The first kappa shape index (κ1) is 22.1. The molecule has 0 spiro atoms. The van der Waals surface area contributed by atoms with Gasteiger partial charge < -0.3 is 19.7 Å². The van der Waals surface area contributed by atoms with Gasteiger partial charge >= 0.3 is 0 Å². The molecule has 5 heteroatoms. The van der Waals surface area contributed by atoms with Gasteiger partial charge in [-0.15, -0.1) is 0 Å². The van der Waals surface area contributed by atoms with E-state index in [1.807, 2.05) is 24.3 Å². The lowest BCUT2D eigenvalue weighted by molar-refractivity contribution is -0.148. The number of hydrogen-bond donors (Lipinski definition) is 1. The lowest BCUT2D eigenvalue weighted by Crippen LogP contribution is -2.48. The first-order valence-electron chi connectivity index (χ1n) is 11.5. The summed E-state index contributed by atoms with van der Waals surface area (Å²) in [5.74, 6) is 1.37. The van der Waals surface area contributed by atoms with Crippen LogP contribution < -0.4 is 10.1 Å². The third-order valence-corrected chi connectivity index (χ3v) is 6.15. The highest BCUT2D eigenvalue weighted by Crippen LogP contribution is 2.36. The molecule has 1 amide bonds. The Hall–Kier alpha value is -1.59. The van der Waals surface area contributed by atoms with Gasteiger partial charge in [0.15, 0.2) is 0 Å².